The van der Waals surface area contributed by atoms with Crippen LogP contribution in [0.5, 0.6) is 0 Å². The summed E-state index contributed by atoms with van der Waals surface area (Å²) in [6.07, 6.45) is 0. The molecular weight excluding hydrogens is 205 g/mol. The third kappa shape index (κ3) is 3.01. The first-order valence-electron chi connectivity index (χ1n) is 5.46. The number of hydrogen-bond acceptors (Lipinski definition) is 2. The lowest BCUT2D eigenvalue weighted by atomic mass is 10.2. The molecule has 2 rings (SSSR count). The molecule has 0 aromatic heterocycles. The fourth-order valence-corrected chi connectivity index (χ4v) is 2.65. The molecule has 0 aliphatic carbocycles. The van der Waals surface area contributed by atoms with Gasteiger partial charge < -0.3 is 4.74 Å². The van der Waals surface area contributed by atoms with Crippen LogP contribution in [0.15, 0.2) is 24.3 Å². The van der Waals surface area contributed by atoms with Gasteiger partial charge in [0.25, 0.3) is 0 Å². The number of morpholine rings is 1. The van der Waals surface area contributed by atoms with Crippen molar-refractivity contribution in [1.82, 2.24) is 4.90 Å². The van der Waals surface area contributed by atoms with Crippen LogP contribution in [-0.4, -0.2) is 37.9 Å². The summed E-state index contributed by atoms with van der Waals surface area (Å²) in [5.41, 5.74) is 1.49. The van der Waals surface area contributed by atoms with Crippen molar-refractivity contribution in [3.8, 4) is 0 Å². The Kier molecular flexibility index (Phi) is 4.13. The van der Waals surface area contributed by atoms with Crippen molar-refractivity contribution in [1.29, 1.82) is 0 Å². The van der Waals surface area contributed by atoms with E-state index in [9.17, 15) is 0 Å². The zero-order valence-electron chi connectivity index (χ0n) is 9.20. The summed E-state index contributed by atoms with van der Waals surface area (Å²) in [5.74, 6) is 0. The molecule has 0 N–H and O–H groups in total. The van der Waals surface area contributed by atoms with Gasteiger partial charge in [-0.15, -0.1) is 0 Å². The first kappa shape index (κ1) is 11.1. The maximum Gasteiger partial charge on any atom is 0.0594 e. The number of nitrogens with zero attached hydrogens (tertiary/aromatic N) is 1. The van der Waals surface area contributed by atoms with Gasteiger partial charge in [0.1, 0.15) is 0 Å². The summed E-state index contributed by atoms with van der Waals surface area (Å²) in [6.45, 7) is 7.24. The van der Waals surface area contributed by atoms with Gasteiger partial charge >= 0.3 is 0 Å². The second-order valence-corrected chi connectivity index (χ2v) is 4.83. The maximum atomic E-state index is 5.35. The van der Waals surface area contributed by atoms with Gasteiger partial charge in [0.05, 0.1) is 13.2 Å². The fraction of sp³-hybridized carbons (Fsp3) is 0.500. The van der Waals surface area contributed by atoms with Crippen molar-refractivity contribution in [2.45, 2.75) is 6.54 Å². The molecule has 1 aliphatic heterocycles. The lowest BCUT2D eigenvalue weighted by molar-refractivity contribution is 0.0343. The van der Waals surface area contributed by atoms with Gasteiger partial charge in [0.15, 0.2) is 0 Å². The molecule has 1 unspecified atom stereocenters. The fourth-order valence-electron chi connectivity index (χ4n) is 1.90. The lowest BCUT2D eigenvalue weighted by Gasteiger charge is -2.27. The average Bonchev–Trinajstić information content (AvgIpc) is 2.31. The van der Waals surface area contributed by atoms with Crippen LogP contribution in [0, 0.1) is 0 Å². The first-order chi connectivity index (χ1) is 7.40. The van der Waals surface area contributed by atoms with Crippen molar-refractivity contribution >= 4 is 13.9 Å². The van der Waals surface area contributed by atoms with Crippen LogP contribution in [-0.2, 0) is 11.3 Å². The topological polar surface area (TPSA) is 12.5 Å². The number of ether oxygens (including phenoxy) is 1. The van der Waals surface area contributed by atoms with Gasteiger partial charge in [-0.05, 0) is 17.5 Å². The highest BCUT2D eigenvalue weighted by Crippen LogP contribution is 2.12. The molecule has 0 saturated carbocycles. The number of rotatable bonds is 3. The molecule has 0 amide bonds. The van der Waals surface area contributed by atoms with E-state index in [1.807, 2.05) is 0 Å². The Bertz CT molecular complexity index is 310. The molecule has 82 valence electrons. The average molecular weight is 223 g/mol. The highest BCUT2D eigenvalue weighted by atomic mass is 31.1. The largest absolute Gasteiger partial charge is 0.379 e. The molecule has 2 nitrogen and oxygen atoms in total. The van der Waals surface area contributed by atoms with E-state index in [4.69, 9.17) is 4.74 Å². The monoisotopic (exact) mass is 223 g/mol. The van der Waals surface area contributed by atoms with Crippen molar-refractivity contribution in [3.05, 3.63) is 29.8 Å². The predicted molar refractivity (Wildman–Crippen MR) is 66.4 cm³/mol. The van der Waals surface area contributed by atoms with Crippen LogP contribution < -0.4 is 5.30 Å². The van der Waals surface area contributed by atoms with Gasteiger partial charge in [-0.3, -0.25) is 4.90 Å². The molecule has 1 aliphatic rings. The minimum atomic E-state index is 0.885. The molecule has 1 saturated heterocycles. The molecule has 3 heteroatoms. The van der Waals surface area contributed by atoms with E-state index in [0.717, 1.165) is 41.4 Å². The predicted octanol–water partition coefficient (Wildman–Crippen LogP) is 1.45. The van der Waals surface area contributed by atoms with E-state index in [0.29, 0.717) is 0 Å². The first-order valence-corrected chi connectivity index (χ1v) is 6.96. The second kappa shape index (κ2) is 5.60. The molecule has 1 aromatic carbocycles. The molecule has 1 atom stereocenters. The summed E-state index contributed by atoms with van der Waals surface area (Å²) in [6, 6.07) is 8.77. The van der Waals surface area contributed by atoms with Crippen LogP contribution in [0.25, 0.3) is 0 Å². The second-order valence-electron chi connectivity index (χ2n) is 3.80. The lowest BCUT2D eigenvalue weighted by Crippen LogP contribution is -2.36. The van der Waals surface area contributed by atoms with Gasteiger partial charge in [-0.2, -0.15) is 0 Å². The Morgan fingerprint density at radius 3 is 2.73 bits per heavy atom. The summed E-state index contributed by atoms with van der Waals surface area (Å²) in [5, 5.41) is 1.50. The number of benzene rings is 1. The Balaban J connectivity index is 2.02. The van der Waals surface area contributed by atoms with E-state index in [2.05, 4.69) is 35.8 Å². The van der Waals surface area contributed by atoms with Gasteiger partial charge in [0.2, 0.25) is 0 Å². The van der Waals surface area contributed by atoms with Gasteiger partial charge in [-0.25, -0.2) is 0 Å². The molecule has 0 spiro atoms. The van der Waals surface area contributed by atoms with E-state index in [1.54, 1.807) is 0 Å². The van der Waals surface area contributed by atoms with E-state index >= 15 is 0 Å². The molecule has 1 fully saturated rings. The molecule has 1 aromatic rings. The van der Waals surface area contributed by atoms with E-state index in [-0.39, 0.29) is 0 Å². The minimum Gasteiger partial charge on any atom is -0.379 e. The van der Waals surface area contributed by atoms with E-state index in [1.165, 1.54) is 10.9 Å². The SMILES string of the molecule is CPc1ccccc1CN1CCOCC1. The molecule has 0 bridgehead atoms. The van der Waals surface area contributed by atoms with Crippen LogP contribution >= 0.6 is 8.58 Å². The summed E-state index contributed by atoms with van der Waals surface area (Å²) >= 11 is 0. The maximum absolute atomic E-state index is 5.35. The highest BCUT2D eigenvalue weighted by molar-refractivity contribution is 7.46. The Labute approximate surface area is 93.4 Å². The zero-order valence-corrected chi connectivity index (χ0v) is 10.2. The molecule has 0 radical (unpaired) electrons. The van der Waals surface area contributed by atoms with Gasteiger partial charge in [0, 0.05) is 19.6 Å². The summed E-state index contributed by atoms with van der Waals surface area (Å²) in [7, 11) is 0.892. The Morgan fingerprint density at radius 2 is 2.00 bits per heavy atom. The van der Waals surface area contributed by atoms with Crippen molar-refractivity contribution in [2.24, 2.45) is 0 Å². The Hall–Kier alpha value is -0.430. The third-order valence-corrected chi connectivity index (χ3v) is 3.81. The normalized spacial score (nSPS) is 18.7. The van der Waals surface area contributed by atoms with Crippen molar-refractivity contribution in [2.75, 3.05) is 33.0 Å². The van der Waals surface area contributed by atoms with Gasteiger partial charge in [-0.1, -0.05) is 32.8 Å². The number of hydrogen-bond donors (Lipinski definition) is 0. The van der Waals surface area contributed by atoms with Crippen LogP contribution in [0.3, 0.4) is 0 Å². The third-order valence-electron chi connectivity index (χ3n) is 2.78. The smallest absolute Gasteiger partial charge is 0.0594 e. The standard InChI is InChI=1S/C12H18NOP/c1-15-12-5-3-2-4-11(12)10-13-6-8-14-9-7-13/h2-5,15H,6-10H2,1H3. The van der Waals surface area contributed by atoms with Crippen LogP contribution in [0.2, 0.25) is 0 Å². The highest BCUT2D eigenvalue weighted by Gasteiger charge is 2.11. The van der Waals surface area contributed by atoms with Crippen LogP contribution in [0.4, 0.5) is 0 Å². The summed E-state index contributed by atoms with van der Waals surface area (Å²) in [4.78, 5) is 2.47. The zero-order chi connectivity index (χ0) is 10.5. The van der Waals surface area contributed by atoms with Crippen LogP contribution in [0.1, 0.15) is 5.56 Å². The van der Waals surface area contributed by atoms with Crippen molar-refractivity contribution in [3.63, 3.8) is 0 Å². The van der Waals surface area contributed by atoms with E-state index < -0.39 is 0 Å². The quantitative estimate of drug-likeness (QED) is 0.719. The minimum absolute atomic E-state index is 0.885. The van der Waals surface area contributed by atoms with Crippen molar-refractivity contribution < 1.29 is 4.74 Å². The Morgan fingerprint density at radius 1 is 1.27 bits per heavy atom. The molecule has 15 heavy (non-hydrogen) atoms. The molecule has 1 heterocycles. The molecular formula is C12H18NOP. The summed E-state index contributed by atoms with van der Waals surface area (Å²) < 4.78 is 5.35.